The molecule has 1 heterocycles. The molecule has 0 unspecified atom stereocenters. The van der Waals surface area contributed by atoms with Crippen molar-refractivity contribution >= 4 is 17.1 Å². The minimum absolute atomic E-state index is 0.165. The molecule has 24 heavy (non-hydrogen) atoms. The van der Waals surface area contributed by atoms with Gasteiger partial charge in [-0.3, -0.25) is 4.79 Å². The number of aryl methyl sites for hydroxylation is 1. The van der Waals surface area contributed by atoms with Gasteiger partial charge in [0.05, 0.1) is 24.7 Å². The average Bonchev–Trinajstić information content (AvgIpc) is 2.63. The van der Waals surface area contributed by atoms with Crippen LogP contribution in [0.25, 0.3) is 10.8 Å². The minimum atomic E-state index is -0.165. The molecule has 0 saturated heterocycles. The highest BCUT2D eigenvalue weighted by Gasteiger charge is 2.11. The Hall–Kier alpha value is -2.95. The number of carbonyl (C=O) groups excluding carboxylic acids is 1. The van der Waals surface area contributed by atoms with Gasteiger partial charge in [0.1, 0.15) is 12.0 Å². The SMILES string of the molecule is COc1cccc(Cc2nn(CCC=O)c(=O)c3ccccc23)c1. The summed E-state index contributed by atoms with van der Waals surface area (Å²) in [6.07, 6.45) is 1.65. The summed E-state index contributed by atoms with van der Waals surface area (Å²) in [6.45, 7) is 0.290. The van der Waals surface area contributed by atoms with Crippen LogP contribution in [0.3, 0.4) is 0 Å². The van der Waals surface area contributed by atoms with E-state index in [0.717, 1.165) is 28.7 Å². The Kier molecular flexibility index (Phi) is 4.70. The molecule has 5 heteroatoms. The predicted octanol–water partition coefficient (Wildman–Crippen LogP) is 2.58. The molecular formula is C19H18N2O3. The molecule has 0 aliphatic carbocycles. The largest absolute Gasteiger partial charge is 0.497 e. The molecule has 122 valence electrons. The van der Waals surface area contributed by atoms with Crippen molar-refractivity contribution < 1.29 is 9.53 Å². The van der Waals surface area contributed by atoms with Crippen molar-refractivity contribution in [2.45, 2.75) is 19.4 Å². The van der Waals surface area contributed by atoms with Crippen LogP contribution in [0.5, 0.6) is 5.75 Å². The van der Waals surface area contributed by atoms with E-state index in [1.807, 2.05) is 42.5 Å². The van der Waals surface area contributed by atoms with Crippen LogP contribution in [-0.4, -0.2) is 23.2 Å². The zero-order valence-electron chi connectivity index (χ0n) is 13.4. The van der Waals surface area contributed by atoms with Gasteiger partial charge in [0.15, 0.2) is 0 Å². The molecule has 3 rings (SSSR count). The molecular weight excluding hydrogens is 304 g/mol. The number of carbonyl (C=O) groups is 1. The first kappa shape index (κ1) is 15.9. The Morgan fingerprint density at radius 2 is 1.92 bits per heavy atom. The lowest BCUT2D eigenvalue weighted by molar-refractivity contribution is -0.108. The monoisotopic (exact) mass is 322 g/mol. The second-order valence-electron chi connectivity index (χ2n) is 5.50. The third kappa shape index (κ3) is 3.20. The molecule has 0 amide bonds. The zero-order valence-corrected chi connectivity index (χ0v) is 13.4. The van der Waals surface area contributed by atoms with Crippen molar-refractivity contribution in [3.05, 3.63) is 70.1 Å². The first-order valence-electron chi connectivity index (χ1n) is 7.78. The van der Waals surface area contributed by atoms with E-state index in [1.54, 1.807) is 13.2 Å². The number of rotatable bonds is 6. The first-order valence-corrected chi connectivity index (χ1v) is 7.78. The van der Waals surface area contributed by atoms with E-state index in [2.05, 4.69) is 5.10 Å². The van der Waals surface area contributed by atoms with Crippen molar-refractivity contribution in [1.29, 1.82) is 0 Å². The molecule has 0 radical (unpaired) electrons. The van der Waals surface area contributed by atoms with Crippen molar-refractivity contribution in [2.24, 2.45) is 0 Å². The van der Waals surface area contributed by atoms with Gasteiger partial charge in [0, 0.05) is 18.2 Å². The number of aldehydes is 1. The number of aromatic nitrogens is 2. The van der Waals surface area contributed by atoms with E-state index in [-0.39, 0.29) is 18.5 Å². The minimum Gasteiger partial charge on any atom is -0.497 e. The Morgan fingerprint density at radius 1 is 1.12 bits per heavy atom. The quantitative estimate of drug-likeness (QED) is 0.655. The standard InChI is InChI=1S/C19H18N2O3/c1-24-15-7-4-6-14(12-15)13-18-16-8-2-3-9-17(16)19(23)21(20-18)10-5-11-22/h2-4,6-9,11-12H,5,10,13H2,1H3. The number of nitrogens with zero attached hydrogens (tertiary/aromatic N) is 2. The molecule has 0 bridgehead atoms. The lowest BCUT2D eigenvalue weighted by Crippen LogP contribution is -2.25. The van der Waals surface area contributed by atoms with E-state index < -0.39 is 0 Å². The van der Waals surface area contributed by atoms with Crippen LogP contribution in [0.15, 0.2) is 53.3 Å². The van der Waals surface area contributed by atoms with Gasteiger partial charge in [-0.25, -0.2) is 4.68 Å². The van der Waals surface area contributed by atoms with E-state index in [9.17, 15) is 9.59 Å². The maximum atomic E-state index is 12.5. The highest BCUT2D eigenvalue weighted by molar-refractivity contribution is 5.83. The van der Waals surface area contributed by atoms with Crippen molar-refractivity contribution in [2.75, 3.05) is 7.11 Å². The molecule has 0 fully saturated rings. The Bertz CT molecular complexity index is 931. The van der Waals surface area contributed by atoms with Crippen LogP contribution in [0.2, 0.25) is 0 Å². The third-order valence-corrected chi connectivity index (χ3v) is 3.91. The van der Waals surface area contributed by atoms with Gasteiger partial charge in [-0.2, -0.15) is 5.10 Å². The van der Waals surface area contributed by atoms with E-state index in [1.165, 1.54) is 4.68 Å². The van der Waals surface area contributed by atoms with Gasteiger partial charge in [-0.05, 0) is 23.8 Å². The smallest absolute Gasteiger partial charge is 0.274 e. The van der Waals surface area contributed by atoms with Gasteiger partial charge in [-0.1, -0.05) is 30.3 Å². The summed E-state index contributed by atoms with van der Waals surface area (Å²) in [6, 6.07) is 15.2. The summed E-state index contributed by atoms with van der Waals surface area (Å²) in [5.74, 6) is 0.783. The van der Waals surface area contributed by atoms with Crippen LogP contribution < -0.4 is 10.3 Å². The summed E-state index contributed by atoms with van der Waals surface area (Å²) in [5.41, 5.74) is 1.69. The van der Waals surface area contributed by atoms with Gasteiger partial charge < -0.3 is 9.53 Å². The van der Waals surface area contributed by atoms with Gasteiger partial charge in [0.2, 0.25) is 0 Å². The number of hydrogen-bond acceptors (Lipinski definition) is 4. The lowest BCUT2D eigenvalue weighted by Gasteiger charge is -2.11. The van der Waals surface area contributed by atoms with Crippen molar-refractivity contribution in [1.82, 2.24) is 9.78 Å². The fourth-order valence-corrected chi connectivity index (χ4v) is 2.74. The maximum Gasteiger partial charge on any atom is 0.274 e. The average molecular weight is 322 g/mol. The Balaban J connectivity index is 2.09. The van der Waals surface area contributed by atoms with Crippen molar-refractivity contribution in [3.63, 3.8) is 0 Å². The summed E-state index contributed by atoms with van der Waals surface area (Å²) >= 11 is 0. The molecule has 0 N–H and O–H groups in total. The predicted molar refractivity (Wildman–Crippen MR) is 92.5 cm³/mol. The van der Waals surface area contributed by atoms with Crippen molar-refractivity contribution in [3.8, 4) is 5.75 Å². The van der Waals surface area contributed by atoms with Gasteiger partial charge in [0.25, 0.3) is 5.56 Å². The van der Waals surface area contributed by atoms with Crippen LogP contribution in [0.1, 0.15) is 17.7 Å². The van der Waals surface area contributed by atoms with Gasteiger partial charge >= 0.3 is 0 Å². The fraction of sp³-hybridized carbons (Fsp3) is 0.211. The first-order chi connectivity index (χ1) is 11.7. The second kappa shape index (κ2) is 7.08. The molecule has 2 aromatic carbocycles. The van der Waals surface area contributed by atoms with Crippen LogP contribution in [0.4, 0.5) is 0 Å². The molecule has 0 atom stereocenters. The Morgan fingerprint density at radius 3 is 2.67 bits per heavy atom. The number of benzene rings is 2. The maximum absolute atomic E-state index is 12.5. The molecule has 3 aromatic rings. The summed E-state index contributed by atoms with van der Waals surface area (Å²) < 4.78 is 6.64. The normalized spacial score (nSPS) is 10.7. The molecule has 0 saturated carbocycles. The summed E-state index contributed by atoms with van der Waals surface area (Å²) in [7, 11) is 1.63. The second-order valence-corrected chi connectivity index (χ2v) is 5.50. The number of hydrogen-bond donors (Lipinski definition) is 0. The molecule has 5 nitrogen and oxygen atoms in total. The van der Waals surface area contributed by atoms with E-state index >= 15 is 0 Å². The third-order valence-electron chi connectivity index (χ3n) is 3.91. The molecule has 0 spiro atoms. The number of methoxy groups -OCH3 is 1. The zero-order chi connectivity index (χ0) is 16.9. The van der Waals surface area contributed by atoms with Crippen LogP contribution in [-0.2, 0) is 17.8 Å². The number of ether oxygens (including phenoxy) is 1. The van der Waals surface area contributed by atoms with Gasteiger partial charge in [-0.15, -0.1) is 0 Å². The number of fused-ring (bicyclic) bond motifs is 1. The molecule has 1 aromatic heterocycles. The van der Waals surface area contributed by atoms with E-state index in [0.29, 0.717) is 11.8 Å². The summed E-state index contributed by atoms with van der Waals surface area (Å²) in [4.78, 5) is 23.1. The molecule has 0 aliphatic rings. The highest BCUT2D eigenvalue weighted by Crippen LogP contribution is 2.19. The topological polar surface area (TPSA) is 61.2 Å². The highest BCUT2D eigenvalue weighted by atomic mass is 16.5. The van der Waals surface area contributed by atoms with Crippen LogP contribution in [0, 0.1) is 0 Å². The lowest BCUT2D eigenvalue weighted by atomic mass is 10.0. The van der Waals surface area contributed by atoms with E-state index in [4.69, 9.17) is 4.74 Å². The Labute approximate surface area is 139 Å². The fourth-order valence-electron chi connectivity index (χ4n) is 2.74. The van der Waals surface area contributed by atoms with Crippen LogP contribution >= 0.6 is 0 Å². The summed E-state index contributed by atoms with van der Waals surface area (Å²) in [5, 5.41) is 5.96. The molecule has 0 aliphatic heterocycles.